The first-order valence-electron chi connectivity index (χ1n) is 8.16. The van der Waals surface area contributed by atoms with Gasteiger partial charge in [-0.05, 0) is 62.6 Å². The van der Waals surface area contributed by atoms with Crippen molar-refractivity contribution in [3.8, 4) is 5.75 Å². The molecule has 0 bridgehead atoms. The van der Waals surface area contributed by atoms with E-state index in [0.717, 1.165) is 38.2 Å². The van der Waals surface area contributed by atoms with E-state index >= 15 is 0 Å². The van der Waals surface area contributed by atoms with Gasteiger partial charge in [0.15, 0.2) is 6.29 Å². The molecular formula is C18H28O3. The van der Waals surface area contributed by atoms with Crippen LogP contribution in [-0.4, -0.2) is 26.6 Å². The van der Waals surface area contributed by atoms with E-state index in [1.165, 1.54) is 36.8 Å². The van der Waals surface area contributed by atoms with E-state index in [9.17, 15) is 0 Å². The fourth-order valence-corrected chi connectivity index (χ4v) is 2.71. The van der Waals surface area contributed by atoms with Gasteiger partial charge < -0.3 is 14.2 Å². The number of ether oxygens (including phenoxy) is 3. The lowest BCUT2D eigenvalue weighted by molar-refractivity contribution is -0.162. The summed E-state index contributed by atoms with van der Waals surface area (Å²) in [5.41, 5.74) is 2.55. The molecule has 1 aliphatic heterocycles. The van der Waals surface area contributed by atoms with E-state index in [4.69, 9.17) is 14.2 Å². The van der Waals surface area contributed by atoms with E-state index < -0.39 is 0 Å². The largest absolute Gasteiger partial charge is 0.496 e. The predicted octanol–water partition coefficient (Wildman–Crippen LogP) is 4.26. The number of benzene rings is 1. The molecule has 0 aliphatic carbocycles. The van der Waals surface area contributed by atoms with Crippen molar-refractivity contribution in [1.82, 2.24) is 0 Å². The Hall–Kier alpha value is -1.06. The van der Waals surface area contributed by atoms with Crippen LogP contribution in [0.25, 0.3) is 0 Å². The van der Waals surface area contributed by atoms with Gasteiger partial charge in [-0.25, -0.2) is 0 Å². The molecule has 0 amide bonds. The highest BCUT2D eigenvalue weighted by atomic mass is 16.7. The summed E-state index contributed by atoms with van der Waals surface area (Å²) < 4.78 is 16.7. The zero-order valence-electron chi connectivity index (χ0n) is 13.4. The Morgan fingerprint density at radius 1 is 1.19 bits per heavy atom. The maximum atomic E-state index is 5.75. The van der Waals surface area contributed by atoms with Crippen molar-refractivity contribution in [2.45, 2.75) is 58.2 Å². The molecule has 1 saturated heterocycles. The lowest BCUT2D eigenvalue weighted by Gasteiger charge is -2.22. The summed E-state index contributed by atoms with van der Waals surface area (Å²) in [6.45, 7) is 3.77. The Labute approximate surface area is 128 Å². The molecule has 1 aromatic carbocycles. The average molecular weight is 292 g/mol. The van der Waals surface area contributed by atoms with Gasteiger partial charge in [-0.1, -0.05) is 18.6 Å². The van der Waals surface area contributed by atoms with Crippen LogP contribution in [0.3, 0.4) is 0 Å². The molecule has 1 aromatic rings. The lowest BCUT2D eigenvalue weighted by Crippen LogP contribution is -2.22. The van der Waals surface area contributed by atoms with Crippen LogP contribution in [0.4, 0.5) is 0 Å². The third-order valence-electron chi connectivity index (χ3n) is 3.97. The molecule has 21 heavy (non-hydrogen) atoms. The molecule has 1 unspecified atom stereocenters. The van der Waals surface area contributed by atoms with E-state index in [1.54, 1.807) is 7.11 Å². The minimum absolute atomic E-state index is 0.0518. The maximum absolute atomic E-state index is 5.75. The van der Waals surface area contributed by atoms with Crippen molar-refractivity contribution < 1.29 is 14.2 Å². The summed E-state index contributed by atoms with van der Waals surface area (Å²) >= 11 is 0. The maximum Gasteiger partial charge on any atom is 0.157 e. The van der Waals surface area contributed by atoms with E-state index in [2.05, 4.69) is 25.1 Å². The molecule has 0 aromatic heterocycles. The first-order valence-corrected chi connectivity index (χ1v) is 8.16. The SMILES string of the molecule is COc1cc(C)ccc1CCCCCOC1CCCCO1. The lowest BCUT2D eigenvalue weighted by atomic mass is 10.0. The van der Waals surface area contributed by atoms with Crippen molar-refractivity contribution in [3.63, 3.8) is 0 Å². The number of aryl methyl sites for hydroxylation is 2. The quantitative estimate of drug-likeness (QED) is 0.670. The van der Waals surface area contributed by atoms with Crippen molar-refractivity contribution in [2.75, 3.05) is 20.3 Å². The summed E-state index contributed by atoms with van der Waals surface area (Å²) in [6, 6.07) is 6.45. The first kappa shape index (κ1) is 16.3. The smallest absolute Gasteiger partial charge is 0.157 e. The highest BCUT2D eigenvalue weighted by Crippen LogP contribution is 2.22. The molecule has 1 atom stereocenters. The van der Waals surface area contributed by atoms with E-state index in [0.29, 0.717) is 0 Å². The van der Waals surface area contributed by atoms with Gasteiger partial charge in [0, 0.05) is 13.2 Å². The molecule has 3 nitrogen and oxygen atoms in total. The Morgan fingerprint density at radius 2 is 2.10 bits per heavy atom. The van der Waals surface area contributed by atoms with E-state index in [1.807, 2.05) is 0 Å². The normalized spacial score (nSPS) is 18.7. The molecule has 0 spiro atoms. The standard InChI is InChI=1S/C18H28O3/c1-15-10-11-16(17(14-15)19-2)8-4-3-6-12-20-18-9-5-7-13-21-18/h10-11,14,18H,3-9,12-13H2,1-2H3. The highest BCUT2D eigenvalue weighted by molar-refractivity contribution is 5.37. The molecule has 2 rings (SSSR count). The van der Waals surface area contributed by atoms with Crippen LogP contribution in [0.1, 0.15) is 49.7 Å². The fourth-order valence-electron chi connectivity index (χ4n) is 2.71. The summed E-state index contributed by atoms with van der Waals surface area (Å²) in [5, 5.41) is 0. The van der Waals surface area contributed by atoms with Gasteiger partial charge in [-0.15, -0.1) is 0 Å². The fraction of sp³-hybridized carbons (Fsp3) is 0.667. The zero-order valence-corrected chi connectivity index (χ0v) is 13.4. The Bertz CT molecular complexity index is 411. The number of methoxy groups -OCH3 is 1. The predicted molar refractivity (Wildman–Crippen MR) is 84.8 cm³/mol. The third kappa shape index (κ3) is 5.68. The first-order chi connectivity index (χ1) is 10.3. The molecule has 118 valence electrons. The Balaban J connectivity index is 1.59. The molecule has 0 N–H and O–H groups in total. The number of unbranched alkanes of at least 4 members (excludes halogenated alkanes) is 2. The summed E-state index contributed by atoms with van der Waals surface area (Å²) in [7, 11) is 1.75. The van der Waals surface area contributed by atoms with Crippen molar-refractivity contribution in [2.24, 2.45) is 0 Å². The second kappa shape index (κ2) is 9.06. The molecule has 1 fully saturated rings. The van der Waals surface area contributed by atoms with Gasteiger partial charge >= 0.3 is 0 Å². The third-order valence-corrected chi connectivity index (χ3v) is 3.97. The molecule has 0 radical (unpaired) electrons. The van der Waals surface area contributed by atoms with Crippen molar-refractivity contribution >= 4 is 0 Å². The van der Waals surface area contributed by atoms with Gasteiger partial charge in [0.1, 0.15) is 5.75 Å². The van der Waals surface area contributed by atoms with Crippen LogP contribution in [0, 0.1) is 6.92 Å². The van der Waals surface area contributed by atoms with Crippen LogP contribution >= 0.6 is 0 Å². The van der Waals surface area contributed by atoms with Crippen LogP contribution in [0.5, 0.6) is 5.75 Å². The van der Waals surface area contributed by atoms with Crippen molar-refractivity contribution in [1.29, 1.82) is 0 Å². The van der Waals surface area contributed by atoms with Gasteiger partial charge in [0.25, 0.3) is 0 Å². The molecule has 1 heterocycles. The number of hydrogen-bond donors (Lipinski definition) is 0. The Kier molecular flexibility index (Phi) is 7.04. The monoisotopic (exact) mass is 292 g/mol. The molecule has 3 heteroatoms. The van der Waals surface area contributed by atoms with Crippen LogP contribution in [0.15, 0.2) is 18.2 Å². The second-order valence-corrected chi connectivity index (χ2v) is 5.79. The van der Waals surface area contributed by atoms with Gasteiger partial charge in [0.2, 0.25) is 0 Å². The van der Waals surface area contributed by atoms with Crippen LogP contribution < -0.4 is 4.74 Å². The van der Waals surface area contributed by atoms with E-state index in [-0.39, 0.29) is 6.29 Å². The summed E-state index contributed by atoms with van der Waals surface area (Å²) in [6.07, 6.45) is 8.06. The molecular weight excluding hydrogens is 264 g/mol. The highest BCUT2D eigenvalue weighted by Gasteiger charge is 2.13. The van der Waals surface area contributed by atoms with Crippen LogP contribution in [0.2, 0.25) is 0 Å². The van der Waals surface area contributed by atoms with Crippen molar-refractivity contribution in [3.05, 3.63) is 29.3 Å². The van der Waals surface area contributed by atoms with Gasteiger partial charge in [-0.2, -0.15) is 0 Å². The topological polar surface area (TPSA) is 27.7 Å². The summed E-state index contributed by atoms with van der Waals surface area (Å²) in [5.74, 6) is 1.02. The minimum atomic E-state index is 0.0518. The minimum Gasteiger partial charge on any atom is -0.496 e. The zero-order chi connectivity index (χ0) is 14.9. The average Bonchev–Trinajstić information content (AvgIpc) is 2.52. The van der Waals surface area contributed by atoms with Crippen LogP contribution in [-0.2, 0) is 15.9 Å². The molecule has 1 aliphatic rings. The summed E-state index contributed by atoms with van der Waals surface area (Å²) in [4.78, 5) is 0. The molecule has 0 saturated carbocycles. The van der Waals surface area contributed by atoms with Gasteiger partial charge in [-0.3, -0.25) is 0 Å². The Morgan fingerprint density at radius 3 is 2.86 bits per heavy atom. The van der Waals surface area contributed by atoms with Gasteiger partial charge in [0.05, 0.1) is 7.11 Å². The number of hydrogen-bond acceptors (Lipinski definition) is 3. The second-order valence-electron chi connectivity index (χ2n) is 5.79. The number of rotatable bonds is 8.